The van der Waals surface area contributed by atoms with Gasteiger partial charge in [-0.15, -0.1) is 0 Å². The van der Waals surface area contributed by atoms with Crippen molar-refractivity contribution < 1.29 is 18.7 Å². The van der Waals surface area contributed by atoms with Crippen molar-refractivity contribution in [2.75, 3.05) is 10.8 Å². The monoisotopic (exact) mass is 282 g/mol. The van der Waals surface area contributed by atoms with E-state index in [0.717, 1.165) is 0 Å². The lowest BCUT2D eigenvalue weighted by Crippen LogP contribution is -2.31. The Balaban J connectivity index is 3.06. The van der Waals surface area contributed by atoms with Gasteiger partial charge in [0.1, 0.15) is 6.54 Å². The third-order valence-corrected chi connectivity index (χ3v) is 3.09. The zero-order chi connectivity index (χ0) is 12.3. The highest BCUT2D eigenvalue weighted by Gasteiger charge is 2.12. The summed E-state index contributed by atoms with van der Waals surface area (Å²) < 4.78 is 22.3. The van der Waals surface area contributed by atoms with Gasteiger partial charge in [0.05, 0.1) is 15.7 Å². The van der Waals surface area contributed by atoms with Crippen molar-refractivity contribution in [2.24, 2.45) is 0 Å². The van der Waals surface area contributed by atoms with Gasteiger partial charge in [0, 0.05) is 11.3 Å². The first-order chi connectivity index (χ1) is 7.41. The first kappa shape index (κ1) is 13.2. The predicted molar refractivity (Wildman–Crippen MR) is 60.4 cm³/mol. The second kappa shape index (κ2) is 5.49. The number of carbonyl (C=O) groups is 1. The summed E-state index contributed by atoms with van der Waals surface area (Å²) in [6, 6.07) is 4.04. The fourth-order valence-electron chi connectivity index (χ4n) is 0.993. The van der Waals surface area contributed by atoms with Gasteiger partial charge in [0.2, 0.25) is 0 Å². The fraction of sp³-hybridized carbons (Fsp3) is 0.125. The number of benzene rings is 1. The van der Waals surface area contributed by atoms with Crippen LogP contribution in [0.25, 0.3) is 0 Å². The van der Waals surface area contributed by atoms with Gasteiger partial charge in [0.15, 0.2) is 0 Å². The van der Waals surface area contributed by atoms with E-state index in [9.17, 15) is 13.6 Å². The van der Waals surface area contributed by atoms with E-state index in [0.29, 0.717) is 4.31 Å². The van der Waals surface area contributed by atoms with Crippen LogP contribution < -0.4 is 4.31 Å². The summed E-state index contributed by atoms with van der Waals surface area (Å²) in [5.74, 6) is -1.27. The Morgan fingerprint density at radius 3 is 2.50 bits per heavy atom. The lowest BCUT2D eigenvalue weighted by molar-refractivity contribution is -0.135. The van der Waals surface area contributed by atoms with Gasteiger partial charge in [-0.2, -0.15) is 0 Å². The van der Waals surface area contributed by atoms with Crippen molar-refractivity contribution in [2.45, 2.75) is 0 Å². The summed E-state index contributed by atoms with van der Waals surface area (Å²) in [7, 11) is 0. The fourth-order valence-corrected chi connectivity index (χ4v) is 1.79. The van der Waals surface area contributed by atoms with Crippen molar-refractivity contribution in [3.8, 4) is 0 Å². The van der Waals surface area contributed by atoms with Gasteiger partial charge >= 0.3 is 5.97 Å². The Kier molecular flexibility index (Phi) is 4.55. The molecule has 0 aliphatic rings. The average molecular weight is 283 g/mol. The highest BCUT2D eigenvalue weighted by atomic mass is 35.5. The molecule has 1 aromatic carbocycles. The SMILES string of the molecule is O=C(O)CN(c1ccc(Cl)c(Cl)c1)S(=O)[O-]. The normalized spacial score (nSPS) is 12.2. The Labute approximate surface area is 104 Å². The van der Waals surface area contributed by atoms with Crippen LogP contribution in [0.5, 0.6) is 0 Å². The lowest BCUT2D eigenvalue weighted by atomic mass is 10.3. The van der Waals surface area contributed by atoms with Gasteiger partial charge in [-0.05, 0) is 18.2 Å². The van der Waals surface area contributed by atoms with Crippen LogP contribution in [0, 0.1) is 0 Å². The molecule has 0 saturated heterocycles. The molecule has 1 rings (SSSR count). The molecule has 0 aliphatic carbocycles. The number of hydrogen-bond acceptors (Lipinski definition) is 3. The van der Waals surface area contributed by atoms with Crippen LogP contribution in [0.3, 0.4) is 0 Å². The Hall–Kier alpha value is -0.820. The molecule has 0 aromatic heterocycles. The molecule has 0 amide bonds. The first-order valence-corrected chi connectivity index (χ1v) is 5.74. The van der Waals surface area contributed by atoms with E-state index in [1.165, 1.54) is 18.2 Å². The highest BCUT2D eigenvalue weighted by Crippen LogP contribution is 2.27. The molecule has 8 heteroatoms. The molecule has 0 aliphatic heterocycles. The molecule has 1 N–H and O–H groups in total. The number of carboxylic acids is 1. The van der Waals surface area contributed by atoms with Crippen LogP contribution in [0.15, 0.2) is 18.2 Å². The quantitative estimate of drug-likeness (QED) is 0.852. The minimum atomic E-state index is -2.69. The maximum absolute atomic E-state index is 10.8. The third kappa shape index (κ3) is 3.34. The van der Waals surface area contributed by atoms with Crippen molar-refractivity contribution in [1.29, 1.82) is 0 Å². The van der Waals surface area contributed by atoms with E-state index < -0.39 is 23.8 Å². The number of rotatable bonds is 4. The molecular formula is C8H6Cl2NO4S-. The Morgan fingerprint density at radius 2 is 2.06 bits per heavy atom. The van der Waals surface area contributed by atoms with Crippen LogP contribution in [0.4, 0.5) is 5.69 Å². The third-order valence-electron chi connectivity index (χ3n) is 1.65. The van der Waals surface area contributed by atoms with E-state index >= 15 is 0 Å². The van der Waals surface area contributed by atoms with Crippen molar-refractivity contribution in [3.63, 3.8) is 0 Å². The molecule has 5 nitrogen and oxygen atoms in total. The van der Waals surface area contributed by atoms with Gasteiger partial charge in [-0.1, -0.05) is 23.2 Å². The molecule has 0 saturated carbocycles. The summed E-state index contributed by atoms with van der Waals surface area (Å²) >= 11 is 8.65. The van der Waals surface area contributed by atoms with Crippen molar-refractivity contribution in [1.82, 2.24) is 0 Å². The van der Waals surface area contributed by atoms with Gasteiger partial charge in [0.25, 0.3) is 0 Å². The van der Waals surface area contributed by atoms with Crippen LogP contribution in [0.1, 0.15) is 0 Å². The number of carboxylic acid groups (broad SMARTS) is 1. The molecule has 88 valence electrons. The molecule has 0 bridgehead atoms. The Morgan fingerprint density at radius 1 is 1.44 bits per heavy atom. The van der Waals surface area contributed by atoms with E-state index in [1.54, 1.807) is 0 Å². The summed E-state index contributed by atoms with van der Waals surface area (Å²) in [5, 5.41) is 8.96. The molecule has 0 spiro atoms. The smallest absolute Gasteiger partial charge is 0.324 e. The molecule has 1 unspecified atom stereocenters. The molecule has 0 heterocycles. The van der Waals surface area contributed by atoms with E-state index in [1.807, 2.05) is 0 Å². The number of aliphatic carboxylic acids is 1. The zero-order valence-corrected chi connectivity index (χ0v) is 10.1. The summed E-state index contributed by atoms with van der Waals surface area (Å²) in [6.45, 7) is -0.673. The summed E-state index contributed by atoms with van der Waals surface area (Å²) in [4.78, 5) is 10.5. The highest BCUT2D eigenvalue weighted by molar-refractivity contribution is 7.80. The number of hydrogen-bond donors (Lipinski definition) is 1. The average Bonchev–Trinajstić information content (AvgIpc) is 2.18. The van der Waals surface area contributed by atoms with Crippen LogP contribution >= 0.6 is 23.2 Å². The van der Waals surface area contributed by atoms with Gasteiger partial charge in [-0.25, -0.2) is 0 Å². The van der Waals surface area contributed by atoms with E-state index in [2.05, 4.69) is 0 Å². The molecular weight excluding hydrogens is 277 g/mol. The Bertz CT molecular complexity index is 440. The zero-order valence-electron chi connectivity index (χ0n) is 7.72. The standard InChI is InChI=1S/C8H7Cl2NO4S/c9-6-2-1-5(3-7(6)10)11(16(14)15)4-8(12)13/h1-3H,4H2,(H,12,13)(H,14,15)/p-1. The molecule has 16 heavy (non-hydrogen) atoms. The van der Waals surface area contributed by atoms with Gasteiger partial charge < -0.3 is 9.66 Å². The molecule has 1 aromatic rings. The maximum atomic E-state index is 10.8. The van der Waals surface area contributed by atoms with Crippen LogP contribution in [-0.4, -0.2) is 26.4 Å². The minimum Gasteiger partial charge on any atom is -0.755 e. The van der Waals surface area contributed by atoms with E-state index in [4.69, 9.17) is 28.3 Å². The summed E-state index contributed by atoms with van der Waals surface area (Å²) in [5.41, 5.74) is 0.144. The number of nitrogens with zero attached hydrogens (tertiary/aromatic N) is 1. The first-order valence-electron chi connectivity index (χ1n) is 3.95. The minimum absolute atomic E-state index is 0.144. The number of anilines is 1. The number of halogens is 2. The van der Waals surface area contributed by atoms with Crippen LogP contribution in [0.2, 0.25) is 10.0 Å². The van der Waals surface area contributed by atoms with Gasteiger partial charge in [-0.3, -0.25) is 13.3 Å². The van der Waals surface area contributed by atoms with E-state index in [-0.39, 0.29) is 15.7 Å². The van der Waals surface area contributed by atoms with Crippen molar-refractivity contribution in [3.05, 3.63) is 28.2 Å². The topological polar surface area (TPSA) is 80.7 Å². The molecule has 1 atom stereocenters. The van der Waals surface area contributed by atoms with Crippen LogP contribution in [-0.2, 0) is 16.1 Å². The predicted octanol–water partition coefficient (Wildman–Crippen LogP) is 1.68. The largest absolute Gasteiger partial charge is 0.755 e. The lowest BCUT2D eigenvalue weighted by Gasteiger charge is -2.24. The summed E-state index contributed by atoms with van der Waals surface area (Å²) in [6.07, 6.45) is 0. The molecule has 0 fully saturated rings. The maximum Gasteiger partial charge on any atom is 0.324 e. The second-order valence-electron chi connectivity index (χ2n) is 2.75. The second-order valence-corrected chi connectivity index (χ2v) is 4.44. The molecule has 0 radical (unpaired) electrons. The van der Waals surface area contributed by atoms with Crippen molar-refractivity contribution >= 4 is 46.1 Å².